The SMILES string of the molecule is COC(=O)c1ccc2c(c1)C(c1c(C)cc(F)cc1F)=CC(C)O2. The number of halogens is 2. The molecule has 1 aliphatic rings. The van der Waals surface area contributed by atoms with Crippen molar-refractivity contribution < 1.29 is 23.0 Å². The number of hydrogen-bond donors (Lipinski definition) is 0. The van der Waals surface area contributed by atoms with Gasteiger partial charge < -0.3 is 9.47 Å². The van der Waals surface area contributed by atoms with Crippen LogP contribution in [0.3, 0.4) is 0 Å². The third-order valence-corrected chi connectivity index (χ3v) is 3.93. The molecule has 1 unspecified atom stereocenters. The van der Waals surface area contributed by atoms with Gasteiger partial charge in [0, 0.05) is 17.2 Å². The number of carbonyl (C=O) groups is 1. The molecule has 24 heavy (non-hydrogen) atoms. The fourth-order valence-electron chi connectivity index (χ4n) is 2.91. The van der Waals surface area contributed by atoms with Gasteiger partial charge in [0.15, 0.2) is 0 Å². The molecule has 1 atom stereocenters. The van der Waals surface area contributed by atoms with E-state index in [9.17, 15) is 13.6 Å². The third kappa shape index (κ3) is 2.77. The molecule has 0 fully saturated rings. The average molecular weight is 330 g/mol. The molecular formula is C19H16F2O3. The smallest absolute Gasteiger partial charge is 0.337 e. The summed E-state index contributed by atoms with van der Waals surface area (Å²) in [7, 11) is 1.29. The second-order valence-electron chi connectivity index (χ2n) is 5.69. The molecule has 124 valence electrons. The van der Waals surface area contributed by atoms with Crippen LogP contribution in [0.2, 0.25) is 0 Å². The second kappa shape index (κ2) is 6.07. The average Bonchev–Trinajstić information content (AvgIpc) is 2.52. The van der Waals surface area contributed by atoms with Gasteiger partial charge in [-0.1, -0.05) is 0 Å². The van der Waals surface area contributed by atoms with E-state index in [1.807, 2.05) is 6.92 Å². The Labute approximate surface area is 138 Å². The Kier molecular flexibility index (Phi) is 4.09. The molecular weight excluding hydrogens is 314 g/mol. The van der Waals surface area contributed by atoms with Crippen molar-refractivity contribution >= 4 is 11.5 Å². The molecule has 0 aliphatic carbocycles. The lowest BCUT2D eigenvalue weighted by molar-refractivity contribution is 0.0600. The van der Waals surface area contributed by atoms with Crippen LogP contribution in [-0.4, -0.2) is 19.2 Å². The highest BCUT2D eigenvalue weighted by Gasteiger charge is 2.24. The Hall–Kier alpha value is -2.69. The van der Waals surface area contributed by atoms with Crippen LogP contribution in [0, 0.1) is 18.6 Å². The molecule has 0 amide bonds. The van der Waals surface area contributed by atoms with Gasteiger partial charge in [-0.2, -0.15) is 0 Å². The van der Waals surface area contributed by atoms with Crippen molar-refractivity contribution in [3.8, 4) is 5.75 Å². The number of aryl methyl sites for hydroxylation is 1. The molecule has 2 aromatic rings. The van der Waals surface area contributed by atoms with Crippen LogP contribution in [0.5, 0.6) is 5.75 Å². The number of rotatable bonds is 2. The van der Waals surface area contributed by atoms with Gasteiger partial charge in [-0.15, -0.1) is 0 Å². The monoisotopic (exact) mass is 330 g/mol. The maximum Gasteiger partial charge on any atom is 0.337 e. The van der Waals surface area contributed by atoms with Crippen LogP contribution in [0.15, 0.2) is 36.4 Å². The van der Waals surface area contributed by atoms with Crippen molar-refractivity contribution in [3.05, 3.63) is 70.3 Å². The first-order chi connectivity index (χ1) is 11.4. The molecule has 0 bridgehead atoms. The van der Waals surface area contributed by atoms with Crippen molar-refractivity contribution in [3.63, 3.8) is 0 Å². The summed E-state index contributed by atoms with van der Waals surface area (Å²) in [5, 5.41) is 0. The lowest BCUT2D eigenvalue weighted by Gasteiger charge is -2.25. The minimum atomic E-state index is -0.651. The molecule has 2 aromatic carbocycles. The Bertz CT molecular complexity index is 833. The van der Waals surface area contributed by atoms with E-state index in [1.54, 1.807) is 31.2 Å². The van der Waals surface area contributed by atoms with Crippen LogP contribution < -0.4 is 4.74 Å². The predicted molar refractivity (Wildman–Crippen MR) is 86.0 cm³/mol. The topological polar surface area (TPSA) is 35.5 Å². The van der Waals surface area contributed by atoms with Crippen molar-refractivity contribution in [1.82, 2.24) is 0 Å². The fraction of sp³-hybridized carbons (Fsp3) is 0.211. The maximum atomic E-state index is 14.4. The summed E-state index contributed by atoms with van der Waals surface area (Å²) in [5.41, 5.74) is 2.26. The number of methoxy groups -OCH3 is 1. The van der Waals surface area contributed by atoms with Crippen LogP contribution >= 0.6 is 0 Å². The van der Waals surface area contributed by atoms with Crippen LogP contribution in [0.25, 0.3) is 5.57 Å². The van der Waals surface area contributed by atoms with Crippen LogP contribution in [-0.2, 0) is 4.74 Å². The summed E-state index contributed by atoms with van der Waals surface area (Å²) in [6.45, 7) is 3.47. The Morgan fingerprint density at radius 3 is 2.62 bits per heavy atom. The molecule has 0 N–H and O–H groups in total. The normalized spacial score (nSPS) is 16.0. The summed E-state index contributed by atoms with van der Waals surface area (Å²) < 4.78 is 38.3. The number of hydrogen-bond acceptors (Lipinski definition) is 3. The molecule has 1 aliphatic heterocycles. The zero-order valence-electron chi connectivity index (χ0n) is 13.5. The number of esters is 1. The van der Waals surface area contributed by atoms with E-state index >= 15 is 0 Å². The first-order valence-corrected chi connectivity index (χ1v) is 7.48. The first kappa shape index (κ1) is 16.2. The number of ether oxygens (including phenoxy) is 2. The van der Waals surface area contributed by atoms with Gasteiger partial charge in [0.25, 0.3) is 0 Å². The third-order valence-electron chi connectivity index (χ3n) is 3.93. The van der Waals surface area contributed by atoms with Crippen LogP contribution in [0.4, 0.5) is 8.78 Å². The lowest BCUT2D eigenvalue weighted by atomic mass is 9.89. The Morgan fingerprint density at radius 2 is 1.96 bits per heavy atom. The fourth-order valence-corrected chi connectivity index (χ4v) is 2.91. The Balaban J connectivity index is 2.21. The second-order valence-corrected chi connectivity index (χ2v) is 5.69. The summed E-state index contributed by atoms with van der Waals surface area (Å²) in [6.07, 6.45) is 1.48. The molecule has 3 rings (SSSR count). The molecule has 1 heterocycles. The van der Waals surface area contributed by atoms with Crippen molar-refractivity contribution in [2.45, 2.75) is 20.0 Å². The minimum Gasteiger partial charge on any atom is -0.486 e. The van der Waals surface area contributed by atoms with Gasteiger partial charge in [-0.25, -0.2) is 13.6 Å². The molecule has 0 aromatic heterocycles. The van der Waals surface area contributed by atoms with Gasteiger partial charge in [-0.3, -0.25) is 0 Å². The highest BCUT2D eigenvalue weighted by Crippen LogP contribution is 2.39. The summed E-state index contributed by atoms with van der Waals surface area (Å²) in [6, 6.07) is 6.98. The number of carbonyl (C=O) groups excluding carboxylic acids is 1. The van der Waals surface area contributed by atoms with E-state index in [4.69, 9.17) is 9.47 Å². The van der Waals surface area contributed by atoms with E-state index in [2.05, 4.69) is 0 Å². The van der Waals surface area contributed by atoms with Gasteiger partial charge in [0.1, 0.15) is 23.5 Å². The number of fused-ring (bicyclic) bond motifs is 1. The quantitative estimate of drug-likeness (QED) is 0.771. The van der Waals surface area contributed by atoms with E-state index in [0.717, 1.165) is 6.07 Å². The Morgan fingerprint density at radius 1 is 1.21 bits per heavy atom. The highest BCUT2D eigenvalue weighted by molar-refractivity contribution is 5.93. The highest BCUT2D eigenvalue weighted by atomic mass is 19.1. The van der Waals surface area contributed by atoms with Gasteiger partial charge >= 0.3 is 5.97 Å². The van der Waals surface area contributed by atoms with E-state index < -0.39 is 17.6 Å². The number of benzene rings is 2. The zero-order valence-corrected chi connectivity index (χ0v) is 13.5. The van der Waals surface area contributed by atoms with Crippen molar-refractivity contribution in [1.29, 1.82) is 0 Å². The molecule has 0 saturated heterocycles. The summed E-state index contributed by atoms with van der Waals surface area (Å²) >= 11 is 0. The van der Waals surface area contributed by atoms with E-state index in [1.165, 1.54) is 13.2 Å². The summed E-state index contributed by atoms with van der Waals surface area (Å²) in [4.78, 5) is 11.8. The van der Waals surface area contributed by atoms with Gasteiger partial charge in [-0.05, 0) is 55.3 Å². The first-order valence-electron chi connectivity index (χ1n) is 7.48. The van der Waals surface area contributed by atoms with E-state index in [0.29, 0.717) is 33.6 Å². The standard InChI is InChI=1S/C19H16F2O3/c1-10-6-13(20)9-16(21)18(10)15-7-11(2)24-17-5-4-12(8-14(15)17)19(22)23-3/h4-9,11H,1-3H3. The summed E-state index contributed by atoms with van der Waals surface area (Å²) in [5.74, 6) is -1.23. The van der Waals surface area contributed by atoms with E-state index in [-0.39, 0.29) is 6.10 Å². The predicted octanol–water partition coefficient (Wildman–Crippen LogP) is 4.27. The lowest BCUT2D eigenvalue weighted by Crippen LogP contribution is -2.17. The zero-order chi connectivity index (χ0) is 17.4. The molecule has 5 heteroatoms. The van der Waals surface area contributed by atoms with Crippen molar-refractivity contribution in [2.75, 3.05) is 7.11 Å². The largest absolute Gasteiger partial charge is 0.486 e. The molecule has 3 nitrogen and oxygen atoms in total. The maximum absolute atomic E-state index is 14.4. The molecule has 0 radical (unpaired) electrons. The van der Waals surface area contributed by atoms with Gasteiger partial charge in [0.2, 0.25) is 0 Å². The van der Waals surface area contributed by atoms with Crippen molar-refractivity contribution in [2.24, 2.45) is 0 Å². The molecule has 0 spiro atoms. The minimum absolute atomic E-state index is 0.277. The van der Waals surface area contributed by atoms with Gasteiger partial charge in [0.05, 0.1) is 12.7 Å². The molecule has 0 saturated carbocycles. The van der Waals surface area contributed by atoms with Crippen LogP contribution in [0.1, 0.15) is 34.0 Å².